The molecule has 1 saturated carbocycles. The topological polar surface area (TPSA) is 26.3 Å². The quantitative estimate of drug-likeness (QED) is 0.518. The maximum atomic E-state index is 11.6. The Morgan fingerprint density at radius 2 is 1.75 bits per heavy atom. The SMILES string of the molecule is CC12CCC(C)(C(=O)O1)C2(C)C. The number of carbonyl (C=O) groups is 1. The van der Waals surface area contributed by atoms with Crippen LogP contribution in [-0.4, -0.2) is 11.6 Å². The van der Waals surface area contributed by atoms with E-state index in [0.29, 0.717) is 0 Å². The Morgan fingerprint density at radius 1 is 1.17 bits per heavy atom. The average Bonchev–Trinajstić information content (AvgIpc) is 2.18. The molecule has 0 N–H and O–H groups in total. The number of ether oxygens (including phenoxy) is 1. The molecule has 0 aromatic rings. The molecule has 0 amide bonds. The lowest BCUT2D eigenvalue weighted by Crippen LogP contribution is -2.38. The summed E-state index contributed by atoms with van der Waals surface area (Å²) in [5.74, 6) is 0.00116. The van der Waals surface area contributed by atoms with Crippen molar-refractivity contribution in [3.63, 3.8) is 0 Å². The first kappa shape index (κ1) is 8.09. The first-order valence-electron chi connectivity index (χ1n) is 4.57. The van der Waals surface area contributed by atoms with Crippen LogP contribution in [0.4, 0.5) is 0 Å². The first-order valence-corrected chi connectivity index (χ1v) is 4.57. The normalized spacial score (nSPS) is 49.5. The van der Waals surface area contributed by atoms with Crippen molar-refractivity contribution in [3.8, 4) is 0 Å². The van der Waals surface area contributed by atoms with E-state index < -0.39 is 0 Å². The van der Waals surface area contributed by atoms with E-state index in [1.165, 1.54) is 0 Å². The molecule has 2 rings (SSSR count). The van der Waals surface area contributed by atoms with Crippen LogP contribution in [0.3, 0.4) is 0 Å². The van der Waals surface area contributed by atoms with Crippen LogP contribution in [0, 0.1) is 10.8 Å². The summed E-state index contributed by atoms with van der Waals surface area (Å²) < 4.78 is 5.43. The van der Waals surface area contributed by atoms with Crippen LogP contribution in [0.1, 0.15) is 40.5 Å². The van der Waals surface area contributed by atoms with E-state index in [1.807, 2.05) is 6.92 Å². The number of fused-ring (bicyclic) bond motifs is 2. The van der Waals surface area contributed by atoms with Gasteiger partial charge in [-0.15, -0.1) is 0 Å². The van der Waals surface area contributed by atoms with Crippen molar-refractivity contribution in [3.05, 3.63) is 0 Å². The Morgan fingerprint density at radius 3 is 1.92 bits per heavy atom. The summed E-state index contributed by atoms with van der Waals surface area (Å²) in [6, 6.07) is 0. The Kier molecular flexibility index (Phi) is 1.15. The zero-order chi connectivity index (χ0) is 9.20. The number of rotatable bonds is 0. The summed E-state index contributed by atoms with van der Waals surface area (Å²) in [5.41, 5.74) is -0.447. The first-order chi connectivity index (χ1) is 5.33. The highest BCUT2D eigenvalue weighted by Gasteiger charge is 2.70. The summed E-state index contributed by atoms with van der Waals surface area (Å²) >= 11 is 0. The molecule has 2 heteroatoms. The van der Waals surface area contributed by atoms with Crippen molar-refractivity contribution < 1.29 is 9.53 Å². The van der Waals surface area contributed by atoms with Gasteiger partial charge in [0.2, 0.25) is 0 Å². The van der Waals surface area contributed by atoms with E-state index in [4.69, 9.17) is 4.74 Å². The lowest BCUT2D eigenvalue weighted by Gasteiger charge is -2.33. The van der Waals surface area contributed by atoms with Gasteiger partial charge in [-0.1, -0.05) is 13.8 Å². The fraction of sp³-hybridized carbons (Fsp3) is 0.900. The smallest absolute Gasteiger partial charge is 0.313 e. The minimum absolute atomic E-state index is 0.00116. The maximum absolute atomic E-state index is 11.6. The molecule has 2 bridgehead atoms. The Bertz CT molecular complexity index is 257. The van der Waals surface area contributed by atoms with Gasteiger partial charge < -0.3 is 4.74 Å². The zero-order valence-electron chi connectivity index (χ0n) is 8.23. The highest BCUT2D eigenvalue weighted by Crippen LogP contribution is 2.65. The molecule has 12 heavy (non-hydrogen) atoms. The second-order valence-corrected chi connectivity index (χ2v) is 5.08. The second kappa shape index (κ2) is 1.70. The standard InChI is InChI=1S/C10H16O2/c1-8(2)9(3)5-6-10(8,4)12-7(9)11/h5-6H2,1-4H3. The third-order valence-electron chi connectivity index (χ3n) is 4.57. The Labute approximate surface area is 73.3 Å². The van der Waals surface area contributed by atoms with E-state index in [-0.39, 0.29) is 22.4 Å². The van der Waals surface area contributed by atoms with E-state index in [2.05, 4.69) is 20.8 Å². The molecular formula is C10H16O2. The van der Waals surface area contributed by atoms with Crippen LogP contribution < -0.4 is 0 Å². The minimum atomic E-state index is -0.234. The summed E-state index contributed by atoms with van der Waals surface area (Å²) in [7, 11) is 0. The second-order valence-electron chi connectivity index (χ2n) is 5.08. The molecule has 2 aliphatic rings. The van der Waals surface area contributed by atoms with Crippen molar-refractivity contribution >= 4 is 5.97 Å². The molecule has 0 aromatic carbocycles. The maximum Gasteiger partial charge on any atom is 0.313 e. The van der Waals surface area contributed by atoms with Gasteiger partial charge in [-0.3, -0.25) is 4.79 Å². The fourth-order valence-electron chi connectivity index (χ4n) is 2.55. The van der Waals surface area contributed by atoms with Gasteiger partial charge in [0, 0.05) is 5.41 Å². The number of esters is 1. The van der Waals surface area contributed by atoms with Gasteiger partial charge in [-0.05, 0) is 26.7 Å². The van der Waals surface area contributed by atoms with Gasteiger partial charge in [0.25, 0.3) is 0 Å². The molecule has 1 heterocycles. The van der Waals surface area contributed by atoms with Crippen LogP contribution in [0.15, 0.2) is 0 Å². The third-order valence-corrected chi connectivity index (χ3v) is 4.57. The monoisotopic (exact) mass is 168 g/mol. The summed E-state index contributed by atoms with van der Waals surface area (Å²) in [5, 5.41) is 0. The van der Waals surface area contributed by atoms with Crippen LogP contribution >= 0.6 is 0 Å². The van der Waals surface area contributed by atoms with Crippen molar-refractivity contribution in [2.75, 3.05) is 0 Å². The van der Waals surface area contributed by atoms with Gasteiger partial charge in [0.1, 0.15) is 5.60 Å². The van der Waals surface area contributed by atoms with E-state index >= 15 is 0 Å². The zero-order valence-corrected chi connectivity index (χ0v) is 8.23. The minimum Gasteiger partial charge on any atom is -0.458 e. The molecule has 1 aliphatic heterocycles. The van der Waals surface area contributed by atoms with Gasteiger partial charge in [0.15, 0.2) is 0 Å². The lowest BCUT2D eigenvalue weighted by molar-refractivity contribution is -0.158. The number of hydrogen-bond acceptors (Lipinski definition) is 2. The van der Waals surface area contributed by atoms with Crippen molar-refractivity contribution in [2.45, 2.75) is 46.1 Å². The van der Waals surface area contributed by atoms with Gasteiger partial charge in [-0.25, -0.2) is 0 Å². The summed E-state index contributed by atoms with van der Waals surface area (Å²) in [6.07, 6.45) is 2.00. The fourth-order valence-corrected chi connectivity index (χ4v) is 2.55. The highest BCUT2D eigenvalue weighted by molar-refractivity contribution is 5.82. The molecule has 2 unspecified atom stereocenters. The molecule has 68 valence electrons. The van der Waals surface area contributed by atoms with Crippen molar-refractivity contribution in [2.24, 2.45) is 10.8 Å². The lowest BCUT2D eigenvalue weighted by atomic mass is 9.67. The molecule has 2 fully saturated rings. The molecule has 0 aromatic heterocycles. The van der Waals surface area contributed by atoms with E-state index in [1.54, 1.807) is 0 Å². The van der Waals surface area contributed by atoms with Crippen molar-refractivity contribution in [1.82, 2.24) is 0 Å². The molecule has 0 spiro atoms. The predicted octanol–water partition coefficient (Wildman–Crippen LogP) is 2.13. The predicted molar refractivity (Wildman–Crippen MR) is 45.6 cm³/mol. The third kappa shape index (κ3) is 0.540. The molecule has 1 saturated heterocycles. The van der Waals surface area contributed by atoms with Crippen LogP contribution in [0.5, 0.6) is 0 Å². The van der Waals surface area contributed by atoms with Crippen LogP contribution in [0.25, 0.3) is 0 Å². The average molecular weight is 168 g/mol. The van der Waals surface area contributed by atoms with Gasteiger partial charge >= 0.3 is 5.97 Å². The molecule has 2 nitrogen and oxygen atoms in total. The molecule has 0 radical (unpaired) electrons. The molecule has 2 atom stereocenters. The number of hydrogen-bond donors (Lipinski definition) is 0. The Balaban J connectivity index is 2.56. The van der Waals surface area contributed by atoms with Crippen molar-refractivity contribution in [1.29, 1.82) is 0 Å². The van der Waals surface area contributed by atoms with E-state index in [9.17, 15) is 4.79 Å². The van der Waals surface area contributed by atoms with Gasteiger partial charge in [-0.2, -0.15) is 0 Å². The largest absolute Gasteiger partial charge is 0.458 e. The summed E-state index contributed by atoms with van der Waals surface area (Å²) in [6.45, 7) is 8.38. The number of carbonyl (C=O) groups excluding carboxylic acids is 1. The molecule has 1 aliphatic carbocycles. The van der Waals surface area contributed by atoms with E-state index in [0.717, 1.165) is 12.8 Å². The van der Waals surface area contributed by atoms with Crippen LogP contribution in [-0.2, 0) is 9.53 Å². The molecular weight excluding hydrogens is 152 g/mol. The Hall–Kier alpha value is -0.530. The summed E-state index contributed by atoms with van der Waals surface area (Å²) in [4.78, 5) is 11.6. The van der Waals surface area contributed by atoms with Gasteiger partial charge in [0.05, 0.1) is 5.41 Å². The van der Waals surface area contributed by atoms with Crippen LogP contribution in [0.2, 0.25) is 0 Å². The highest BCUT2D eigenvalue weighted by atomic mass is 16.6.